The molecule has 0 saturated carbocycles. The average molecular weight is 395 g/mol. The molecule has 148 valence electrons. The Morgan fingerprint density at radius 2 is 1.74 bits per heavy atom. The number of halogens is 1. The van der Waals surface area contributed by atoms with E-state index in [0.29, 0.717) is 30.1 Å². The van der Waals surface area contributed by atoms with Gasteiger partial charge in [-0.3, -0.25) is 9.59 Å². The highest BCUT2D eigenvalue weighted by Crippen LogP contribution is 2.12. The molecule has 6 nitrogen and oxygen atoms in total. The summed E-state index contributed by atoms with van der Waals surface area (Å²) in [6.07, 6.45) is 3.51. The number of piperidine rings is 1. The molecule has 2 rings (SSSR count). The summed E-state index contributed by atoms with van der Waals surface area (Å²) in [7, 11) is 0. The van der Waals surface area contributed by atoms with Crippen LogP contribution >= 0.6 is 11.6 Å². The molecule has 1 N–H and O–H groups in total. The topological polar surface area (TPSA) is 75.7 Å². The van der Waals surface area contributed by atoms with Crippen molar-refractivity contribution in [2.75, 3.05) is 19.7 Å². The molecule has 1 aliphatic rings. The molecule has 1 unspecified atom stereocenters. The summed E-state index contributed by atoms with van der Waals surface area (Å²) >= 11 is 5.83. The second-order valence-corrected chi connectivity index (χ2v) is 7.65. The Kier molecular flexibility index (Phi) is 8.10. The number of benzene rings is 1. The van der Waals surface area contributed by atoms with E-state index in [-0.39, 0.29) is 24.3 Å². The van der Waals surface area contributed by atoms with Crippen molar-refractivity contribution in [1.82, 2.24) is 10.2 Å². The fourth-order valence-electron chi connectivity index (χ4n) is 3.00. The van der Waals surface area contributed by atoms with Gasteiger partial charge in [0.15, 0.2) is 6.61 Å². The number of nitrogens with one attached hydrogen (secondary N) is 1. The predicted molar refractivity (Wildman–Crippen MR) is 104 cm³/mol. The number of esters is 1. The fraction of sp³-hybridized carbons (Fsp3) is 0.550. The average Bonchev–Trinajstić information content (AvgIpc) is 2.66. The molecule has 1 aliphatic heterocycles. The first kappa shape index (κ1) is 21.2. The van der Waals surface area contributed by atoms with Crippen molar-refractivity contribution < 1.29 is 19.1 Å². The first-order valence-corrected chi connectivity index (χ1v) is 9.75. The van der Waals surface area contributed by atoms with E-state index in [1.165, 1.54) is 0 Å². The van der Waals surface area contributed by atoms with Crippen molar-refractivity contribution in [1.29, 1.82) is 0 Å². The van der Waals surface area contributed by atoms with Crippen LogP contribution in [-0.4, -0.2) is 48.4 Å². The molecule has 1 aromatic rings. The number of likely N-dealkylation sites (tertiary alicyclic amines) is 1. The normalized spacial score (nSPS) is 15.3. The SMILES string of the molecule is CC(C)CC(NC(=O)c1ccc(Cl)cc1)C(=O)OCC(=O)N1CCCCC1. The van der Waals surface area contributed by atoms with Gasteiger partial charge < -0.3 is 15.0 Å². The summed E-state index contributed by atoms with van der Waals surface area (Å²) in [6, 6.07) is 5.61. The molecule has 0 bridgehead atoms. The zero-order valence-corrected chi connectivity index (χ0v) is 16.6. The summed E-state index contributed by atoms with van der Waals surface area (Å²) < 4.78 is 5.21. The van der Waals surface area contributed by atoms with Gasteiger partial charge in [0, 0.05) is 23.7 Å². The molecule has 0 aromatic heterocycles. The van der Waals surface area contributed by atoms with Gasteiger partial charge in [0.05, 0.1) is 0 Å². The molecule has 2 amide bonds. The van der Waals surface area contributed by atoms with Gasteiger partial charge in [0.25, 0.3) is 11.8 Å². The minimum absolute atomic E-state index is 0.172. The molecule has 1 atom stereocenters. The van der Waals surface area contributed by atoms with Crippen LogP contribution in [0.15, 0.2) is 24.3 Å². The third kappa shape index (κ3) is 6.86. The van der Waals surface area contributed by atoms with Gasteiger partial charge in [-0.1, -0.05) is 25.4 Å². The van der Waals surface area contributed by atoms with Crippen LogP contribution < -0.4 is 5.32 Å². The van der Waals surface area contributed by atoms with Crippen LogP contribution in [-0.2, 0) is 14.3 Å². The van der Waals surface area contributed by atoms with Crippen LogP contribution in [0.5, 0.6) is 0 Å². The van der Waals surface area contributed by atoms with Crippen molar-refractivity contribution in [3.8, 4) is 0 Å². The summed E-state index contributed by atoms with van der Waals surface area (Å²) in [5, 5.41) is 3.23. The van der Waals surface area contributed by atoms with Crippen LogP contribution in [0.1, 0.15) is 49.9 Å². The number of nitrogens with zero attached hydrogens (tertiary/aromatic N) is 1. The van der Waals surface area contributed by atoms with E-state index in [1.54, 1.807) is 29.2 Å². The van der Waals surface area contributed by atoms with E-state index >= 15 is 0 Å². The van der Waals surface area contributed by atoms with Gasteiger partial charge in [-0.25, -0.2) is 4.79 Å². The highest BCUT2D eigenvalue weighted by atomic mass is 35.5. The van der Waals surface area contributed by atoms with Crippen molar-refractivity contribution >= 4 is 29.4 Å². The van der Waals surface area contributed by atoms with E-state index in [9.17, 15) is 14.4 Å². The van der Waals surface area contributed by atoms with E-state index in [4.69, 9.17) is 16.3 Å². The van der Waals surface area contributed by atoms with Crippen molar-refractivity contribution in [3.63, 3.8) is 0 Å². The van der Waals surface area contributed by atoms with Gasteiger partial charge in [-0.15, -0.1) is 0 Å². The zero-order valence-electron chi connectivity index (χ0n) is 15.9. The standard InChI is InChI=1S/C20H27ClN2O4/c1-14(2)12-17(22-19(25)15-6-8-16(21)9-7-15)20(26)27-13-18(24)23-10-4-3-5-11-23/h6-9,14,17H,3-5,10-13H2,1-2H3,(H,22,25). The number of amides is 2. The van der Waals surface area contributed by atoms with Crippen molar-refractivity contribution in [2.45, 2.75) is 45.6 Å². The lowest BCUT2D eigenvalue weighted by Crippen LogP contribution is -2.44. The summed E-state index contributed by atoms with van der Waals surface area (Å²) in [5.41, 5.74) is 0.408. The number of hydrogen-bond donors (Lipinski definition) is 1. The molecule has 7 heteroatoms. The van der Waals surface area contributed by atoms with Crippen LogP contribution in [0.3, 0.4) is 0 Å². The van der Waals surface area contributed by atoms with Gasteiger partial charge in [-0.05, 0) is 55.9 Å². The lowest BCUT2D eigenvalue weighted by molar-refractivity contribution is -0.154. The second kappa shape index (κ2) is 10.3. The molecule has 0 spiro atoms. The monoisotopic (exact) mass is 394 g/mol. The number of ether oxygens (including phenoxy) is 1. The largest absolute Gasteiger partial charge is 0.454 e. The predicted octanol–water partition coefficient (Wildman–Crippen LogP) is 3.04. The summed E-state index contributed by atoms with van der Waals surface area (Å²) in [5.74, 6) is -0.978. The molecule has 0 aliphatic carbocycles. The van der Waals surface area contributed by atoms with Crippen LogP contribution in [0.2, 0.25) is 5.02 Å². The Balaban J connectivity index is 1.93. The minimum Gasteiger partial charge on any atom is -0.454 e. The third-order valence-electron chi connectivity index (χ3n) is 4.45. The molecular formula is C20H27ClN2O4. The van der Waals surface area contributed by atoms with Crippen LogP contribution in [0.25, 0.3) is 0 Å². The fourth-order valence-corrected chi connectivity index (χ4v) is 3.12. The van der Waals surface area contributed by atoms with Crippen LogP contribution in [0.4, 0.5) is 0 Å². The van der Waals surface area contributed by atoms with Gasteiger partial charge in [-0.2, -0.15) is 0 Å². The molecule has 1 heterocycles. The molecule has 1 fully saturated rings. The second-order valence-electron chi connectivity index (χ2n) is 7.21. The maximum atomic E-state index is 12.5. The molecule has 1 aromatic carbocycles. The first-order chi connectivity index (χ1) is 12.9. The first-order valence-electron chi connectivity index (χ1n) is 9.37. The number of carbonyl (C=O) groups excluding carboxylic acids is 3. The maximum Gasteiger partial charge on any atom is 0.329 e. The molecule has 0 radical (unpaired) electrons. The highest BCUT2D eigenvalue weighted by Gasteiger charge is 2.26. The van der Waals surface area contributed by atoms with Gasteiger partial charge in [0.2, 0.25) is 0 Å². The zero-order chi connectivity index (χ0) is 19.8. The minimum atomic E-state index is -0.803. The van der Waals surface area contributed by atoms with Gasteiger partial charge in [0.1, 0.15) is 6.04 Å². The lowest BCUT2D eigenvalue weighted by atomic mass is 10.0. The van der Waals surface area contributed by atoms with E-state index in [1.807, 2.05) is 13.8 Å². The molecular weight excluding hydrogens is 368 g/mol. The summed E-state index contributed by atoms with van der Waals surface area (Å²) in [4.78, 5) is 38.8. The maximum absolute atomic E-state index is 12.5. The smallest absolute Gasteiger partial charge is 0.329 e. The number of carbonyl (C=O) groups is 3. The highest BCUT2D eigenvalue weighted by molar-refractivity contribution is 6.30. The van der Waals surface area contributed by atoms with E-state index in [0.717, 1.165) is 19.3 Å². The number of hydrogen-bond acceptors (Lipinski definition) is 4. The van der Waals surface area contributed by atoms with Crippen molar-refractivity contribution in [3.05, 3.63) is 34.9 Å². The van der Waals surface area contributed by atoms with Crippen molar-refractivity contribution in [2.24, 2.45) is 5.92 Å². The Hall–Kier alpha value is -2.08. The third-order valence-corrected chi connectivity index (χ3v) is 4.70. The van der Waals surface area contributed by atoms with E-state index in [2.05, 4.69) is 5.32 Å². The number of rotatable bonds is 7. The van der Waals surface area contributed by atoms with E-state index < -0.39 is 12.0 Å². The molecule has 27 heavy (non-hydrogen) atoms. The lowest BCUT2D eigenvalue weighted by Gasteiger charge is -2.27. The van der Waals surface area contributed by atoms with Crippen LogP contribution in [0, 0.1) is 5.92 Å². The summed E-state index contributed by atoms with van der Waals surface area (Å²) in [6.45, 7) is 5.03. The Bertz CT molecular complexity index is 654. The quantitative estimate of drug-likeness (QED) is 0.721. The Labute approximate surface area is 165 Å². The molecule has 1 saturated heterocycles. The van der Waals surface area contributed by atoms with Gasteiger partial charge >= 0.3 is 5.97 Å². The Morgan fingerprint density at radius 3 is 2.33 bits per heavy atom. The Morgan fingerprint density at radius 1 is 1.11 bits per heavy atom.